The first-order valence-electron chi connectivity index (χ1n) is 10.5. The van der Waals surface area contributed by atoms with Crippen molar-refractivity contribution in [1.82, 2.24) is 9.80 Å². The van der Waals surface area contributed by atoms with E-state index in [0.29, 0.717) is 24.6 Å². The molecule has 0 saturated carbocycles. The van der Waals surface area contributed by atoms with Gasteiger partial charge in [-0.1, -0.05) is 29.8 Å². The third kappa shape index (κ3) is 4.42. The van der Waals surface area contributed by atoms with E-state index in [2.05, 4.69) is 4.90 Å². The Hall–Kier alpha value is -1.47. The second-order valence-corrected chi connectivity index (χ2v) is 9.93. The lowest BCUT2D eigenvalue weighted by Crippen LogP contribution is -2.48. The monoisotopic (exact) mass is 450 g/mol. The van der Waals surface area contributed by atoms with Crippen molar-refractivity contribution in [1.29, 1.82) is 0 Å². The van der Waals surface area contributed by atoms with Crippen LogP contribution < -0.4 is 0 Å². The van der Waals surface area contributed by atoms with E-state index in [1.54, 1.807) is 25.1 Å². The van der Waals surface area contributed by atoms with Gasteiger partial charge in [0.1, 0.15) is 5.60 Å². The Morgan fingerprint density at radius 2 is 2.07 bits per heavy atom. The molecule has 2 aliphatic heterocycles. The summed E-state index contributed by atoms with van der Waals surface area (Å²) in [5.74, 6) is -0.0392. The number of carbonyl (C=O) groups excluding carboxylic acids is 1. The average molecular weight is 451 g/mol. The second-order valence-electron chi connectivity index (χ2n) is 8.52. The summed E-state index contributed by atoms with van der Waals surface area (Å²) >= 11 is 7.60. The quantitative estimate of drug-likeness (QED) is 0.678. The number of halogens is 2. The molecule has 1 atom stereocenters. The SMILES string of the molecule is CN(C)C(=O)[C@@H](Cc1ccccc1Cl)CN1CCC2(CC1)OCCc1cc(F)sc12. The molecule has 0 radical (unpaired) electrons. The molecule has 1 spiro atoms. The number of piperidine rings is 1. The number of ether oxygens (including phenoxy) is 1. The number of fused-ring (bicyclic) bond motifs is 2. The van der Waals surface area contributed by atoms with Gasteiger partial charge in [-0.05, 0) is 48.9 Å². The molecule has 1 amide bonds. The predicted octanol–water partition coefficient (Wildman–Crippen LogP) is 4.35. The first-order valence-corrected chi connectivity index (χ1v) is 11.7. The Morgan fingerprint density at radius 1 is 1.33 bits per heavy atom. The minimum atomic E-state index is -0.358. The van der Waals surface area contributed by atoms with Crippen molar-refractivity contribution in [3.63, 3.8) is 0 Å². The van der Waals surface area contributed by atoms with E-state index in [1.165, 1.54) is 11.3 Å². The summed E-state index contributed by atoms with van der Waals surface area (Å²) in [7, 11) is 3.60. The molecule has 2 aromatic rings. The zero-order valence-corrected chi connectivity index (χ0v) is 19.1. The van der Waals surface area contributed by atoms with Crippen LogP contribution in [0.1, 0.15) is 28.8 Å². The van der Waals surface area contributed by atoms with Gasteiger partial charge in [0, 0.05) is 43.6 Å². The van der Waals surface area contributed by atoms with Gasteiger partial charge in [-0.3, -0.25) is 4.79 Å². The number of nitrogens with zero attached hydrogens (tertiary/aromatic N) is 2. The summed E-state index contributed by atoms with van der Waals surface area (Å²) in [6.07, 6.45) is 3.07. The fourth-order valence-electron chi connectivity index (χ4n) is 4.69. The fraction of sp³-hybridized carbons (Fsp3) is 0.522. The third-order valence-electron chi connectivity index (χ3n) is 6.30. The Balaban J connectivity index is 1.45. The molecule has 30 heavy (non-hydrogen) atoms. The van der Waals surface area contributed by atoms with Crippen molar-refractivity contribution in [3.05, 3.63) is 56.5 Å². The number of rotatable bonds is 5. The van der Waals surface area contributed by atoms with Gasteiger partial charge in [-0.25, -0.2) is 0 Å². The van der Waals surface area contributed by atoms with E-state index in [9.17, 15) is 9.18 Å². The van der Waals surface area contributed by atoms with E-state index in [4.69, 9.17) is 16.3 Å². The third-order valence-corrected chi connectivity index (χ3v) is 7.82. The maximum atomic E-state index is 13.9. The molecule has 0 bridgehead atoms. The van der Waals surface area contributed by atoms with Gasteiger partial charge in [0.05, 0.1) is 12.5 Å². The number of amides is 1. The Labute approximate surface area is 186 Å². The summed E-state index contributed by atoms with van der Waals surface area (Å²) in [6.45, 7) is 3.00. The predicted molar refractivity (Wildman–Crippen MR) is 119 cm³/mol. The van der Waals surface area contributed by atoms with E-state index in [-0.39, 0.29) is 22.6 Å². The molecular weight excluding hydrogens is 423 g/mol. The normalized spacial score (nSPS) is 19.5. The fourth-order valence-corrected chi connectivity index (χ4v) is 6.04. The largest absolute Gasteiger partial charge is 0.369 e. The molecule has 1 fully saturated rings. The number of carbonyl (C=O) groups is 1. The van der Waals surface area contributed by atoms with Crippen LogP contribution in [-0.4, -0.2) is 56.0 Å². The average Bonchev–Trinajstić information content (AvgIpc) is 3.12. The molecule has 2 aliphatic rings. The van der Waals surface area contributed by atoms with Crippen LogP contribution in [0, 0.1) is 11.0 Å². The molecule has 4 nitrogen and oxygen atoms in total. The lowest BCUT2D eigenvalue weighted by Gasteiger charge is -2.44. The van der Waals surface area contributed by atoms with Crippen molar-refractivity contribution in [2.75, 3.05) is 40.3 Å². The number of hydrogen-bond donors (Lipinski definition) is 0. The van der Waals surface area contributed by atoms with Crippen molar-refractivity contribution in [3.8, 4) is 0 Å². The highest BCUT2D eigenvalue weighted by Crippen LogP contribution is 2.45. The molecule has 1 aromatic heterocycles. The van der Waals surface area contributed by atoms with Gasteiger partial charge in [0.25, 0.3) is 0 Å². The topological polar surface area (TPSA) is 32.8 Å². The zero-order chi connectivity index (χ0) is 21.3. The van der Waals surface area contributed by atoms with Crippen molar-refractivity contribution in [2.45, 2.75) is 31.3 Å². The van der Waals surface area contributed by atoms with Crippen LogP contribution in [0.5, 0.6) is 0 Å². The summed E-state index contributed by atoms with van der Waals surface area (Å²) in [4.78, 5) is 18.0. The van der Waals surface area contributed by atoms with Crippen LogP contribution in [0.4, 0.5) is 4.39 Å². The second kappa shape index (κ2) is 8.95. The van der Waals surface area contributed by atoms with Crippen LogP contribution in [-0.2, 0) is 28.0 Å². The molecule has 0 unspecified atom stereocenters. The molecule has 0 N–H and O–H groups in total. The van der Waals surface area contributed by atoms with Crippen molar-refractivity contribution in [2.24, 2.45) is 5.92 Å². The highest BCUT2D eigenvalue weighted by molar-refractivity contribution is 7.10. The first kappa shape index (κ1) is 21.8. The lowest BCUT2D eigenvalue weighted by atomic mass is 9.85. The summed E-state index contributed by atoms with van der Waals surface area (Å²) < 4.78 is 20.1. The van der Waals surface area contributed by atoms with E-state index in [0.717, 1.165) is 48.4 Å². The summed E-state index contributed by atoms with van der Waals surface area (Å²) in [5, 5.41) is 0.582. The molecule has 3 heterocycles. The van der Waals surface area contributed by atoms with Gasteiger partial charge in [-0.2, -0.15) is 4.39 Å². The van der Waals surface area contributed by atoms with Crippen LogP contribution in [0.25, 0.3) is 0 Å². The first-order chi connectivity index (χ1) is 14.4. The van der Waals surface area contributed by atoms with Crippen LogP contribution >= 0.6 is 22.9 Å². The lowest BCUT2D eigenvalue weighted by molar-refractivity contribution is -0.134. The van der Waals surface area contributed by atoms with Gasteiger partial charge >= 0.3 is 0 Å². The number of thiophene rings is 1. The van der Waals surface area contributed by atoms with Crippen LogP contribution in [0.2, 0.25) is 5.02 Å². The maximum Gasteiger partial charge on any atom is 0.226 e. The van der Waals surface area contributed by atoms with Gasteiger partial charge in [-0.15, -0.1) is 11.3 Å². The minimum absolute atomic E-state index is 0.117. The molecular formula is C23H28ClFN2O2S. The molecule has 7 heteroatoms. The van der Waals surface area contributed by atoms with Gasteiger partial charge in [0.15, 0.2) is 5.13 Å². The van der Waals surface area contributed by atoms with E-state index in [1.807, 2.05) is 24.3 Å². The van der Waals surface area contributed by atoms with Crippen LogP contribution in [0.15, 0.2) is 30.3 Å². The molecule has 4 rings (SSSR count). The van der Waals surface area contributed by atoms with Crippen molar-refractivity contribution < 1.29 is 13.9 Å². The Bertz CT molecular complexity index is 908. The smallest absolute Gasteiger partial charge is 0.226 e. The maximum absolute atomic E-state index is 13.9. The summed E-state index contributed by atoms with van der Waals surface area (Å²) in [5.41, 5.74) is 1.75. The molecule has 1 saturated heterocycles. The molecule has 0 aliphatic carbocycles. The highest BCUT2D eigenvalue weighted by Gasteiger charge is 2.43. The molecule has 1 aromatic carbocycles. The number of hydrogen-bond acceptors (Lipinski definition) is 4. The standard InChI is InChI=1S/C23H28ClFN2O2S/c1-26(2)22(28)18(13-16-5-3-4-6-19(16)24)15-27-10-8-23(9-11-27)21-17(7-12-29-23)14-20(25)30-21/h3-6,14,18H,7-13,15H2,1-2H3/t18-/m0/s1. The van der Waals surface area contributed by atoms with Crippen molar-refractivity contribution >= 4 is 28.8 Å². The zero-order valence-electron chi connectivity index (χ0n) is 17.5. The Morgan fingerprint density at radius 3 is 2.77 bits per heavy atom. The number of likely N-dealkylation sites (tertiary alicyclic amines) is 1. The highest BCUT2D eigenvalue weighted by atomic mass is 35.5. The minimum Gasteiger partial charge on any atom is -0.369 e. The molecule has 162 valence electrons. The summed E-state index contributed by atoms with van der Waals surface area (Å²) in [6, 6.07) is 9.40. The van der Waals surface area contributed by atoms with E-state index >= 15 is 0 Å². The van der Waals surface area contributed by atoms with E-state index < -0.39 is 0 Å². The van der Waals surface area contributed by atoms with Crippen LogP contribution in [0.3, 0.4) is 0 Å². The van der Waals surface area contributed by atoms with Gasteiger partial charge in [0.2, 0.25) is 5.91 Å². The van der Waals surface area contributed by atoms with Gasteiger partial charge < -0.3 is 14.5 Å². The number of benzene rings is 1. The Kier molecular flexibility index (Phi) is 6.49.